The van der Waals surface area contributed by atoms with Crippen molar-refractivity contribution in [1.29, 1.82) is 0 Å². The summed E-state index contributed by atoms with van der Waals surface area (Å²) in [5, 5.41) is 9.03. The summed E-state index contributed by atoms with van der Waals surface area (Å²) in [6, 6.07) is 8.40. The lowest BCUT2D eigenvalue weighted by atomic mass is 9.81. The fourth-order valence-corrected chi connectivity index (χ4v) is 6.07. The minimum absolute atomic E-state index is 0.0394. The van der Waals surface area contributed by atoms with E-state index in [0.29, 0.717) is 24.1 Å². The third kappa shape index (κ3) is 5.76. The highest BCUT2D eigenvalue weighted by molar-refractivity contribution is 8.00. The molecule has 3 atom stereocenters. The van der Waals surface area contributed by atoms with E-state index in [4.69, 9.17) is 5.11 Å². The Kier molecular flexibility index (Phi) is 7.82. The van der Waals surface area contributed by atoms with Crippen LogP contribution < -0.4 is 4.90 Å². The van der Waals surface area contributed by atoms with Gasteiger partial charge >= 0.3 is 11.5 Å². The van der Waals surface area contributed by atoms with Gasteiger partial charge in [-0.3, -0.25) is 14.4 Å². The smallest absolute Gasteiger partial charge is 0.446 e. The van der Waals surface area contributed by atoms with Crippen LogP contribution >= 0.6 is 11.8 Å². The monoisotopic (exact) mass is 538 g/mol. The van der Waals surface area contributed by atoms with E-state index in [1.165, 1.54) is 42.5 Å². The van der Waals surface area contributed by atoms with E-state index in [0.717, 1.165) is 6.42 Å². The number of nitrogens with zero attached hydrogens (tertiary/aromatic N) is 2. The van der Waals surface area contributed by atoms with E-state index in [2.05, 4.69) is 0 Å². The van der Waals surface area contributed by atoms with Gasteiger partial charge in [0.05, 0.1) is 12.5 Å². The van der Waals surface area contributed by atoms with E-state index < -0.39 is 29.2 Å². The van der Waals surface area contributed by atoms with Crippen molar-refractivity contribution in [2.24, 2.45) is 5.92 Å². The number of hydrogen-bond donors (Lipinski definition) is 1. The van der Waals surface area contributed by atoms with E-state index in [-0.39, 0.29) is 59.5 Å². The third-order valence-corrected chi connectivity index (χ3v) is 7.68. The average Bonchev–Trinajstić information content (AvgIpc) is 3.31. The van der Waals surface area contributed by atoms with Crippen molar-refractivity contribution < 1.29 is 37.1 Å². The Morgan fingerprint density at radius 3 is 2.41 bits per heavy atom. The molecular weight excluding hydrogens is 512 g/mol. The maximum Gasteiger partial charge on any atom is 0.446 e. The van der Waals surface area contributed by atoms with Crippen LogP contribution in [0.5, 0.6) is 0 Å². The lowest BCUT2D eigenvalue weighted by Crippen LogP contribution is -2.52. The lowest BCUT2D eigenvalue weighted by molar-refractivity contribution is -0.142. The molecule has 1 fully saturated rings. The highest BCUT2D eigenvalue weighted by Gasteiger charge is 2.48. The van der Waals surface area contributed by atoms with Crippen molar-refractivity contribution in [3.05, 3.63) is 59.4 Å². The zero-order chi connectivity index (χ0) is 26.9. The highest BCUT2D eigenvalue weighted by atomic mass is 32.2. The van der Waals surface area contributed by atoms with Crippen molar-refractivity contribution >= 4 is 35.2 Å². The van der Waals surface area contributed by atoms with Crippen LogP contribution in [-0.4, -0.2) is 45.9 Å². The molecule has 1 saturated carbocycles. The maximum absolute atomic E-state index is 14.5. The van der Waals surface area contributed by atoms with E-state index in [1.807, 2.05) is 0 Å². The zero-order valence-electron chi connectivity index (χ0n) is 20.0. The second-order valence-corrected chi connectivity index (χ2v) is 10.3. The first-order chi connectivity index (χ1) is 17.5. The Bertz CT molecular complexity index is 1190. The van der Waals surface area contributed by atoms with Gasteiger partial charge in [-0.15, -0.1) is 0 Å². The number of aliphatic carboxylic acids is 1. The predicted octanol–water partition coefficient (Wildman–Crippen LogP) is 6.02. The number of benzene rings is 2. The number of rotatable bonds is 7. The first-order valence-electron chi connectivity index (χ1n) is 12.0. The summed E-state index contributed by atoms with van der Waals surface area (Å²) >= 11 is -0.264. The quantitative estimate of drug-likeness (QED) is 0.345. The molecule has 0 bridgehead atoms. The number of alkyl halides is 3. The number of fused-ring (bicyclic) bond motifs is 2. The molecule has 198 valence electrons. The van der Waals surface area contributed by atoms with Crippen LogP contribution in [0.3, 0.4) is 0 Å². The van der Waals surface area contributed by atoms with Crippen molar-refractivity contribution in [2.45, 2.75) is 61.5 Å². The van der Waals surface area contributed by atoms with Gasteiger partial charge in [0.1, 0.15) is 5.82 Å². The van der Waals surface area contributed by atoms with Gasteiger partial charge in [0.2, 0.25) is 5.91 Å². The molecular formula is C26H26F4N2O4S. The number of thioether (sulfide) groups is 1. The van der Waals surface area contributed by atoms with Gasteiger partial charge in [-0.25, -0.2) is 4.39 Å². The molecule has 2 amide bonds. The van der Waals surface area contributed by atoms with Crippen LogP contribution in [0.25, 0.3) is 0 Å². The number of halogens is 4. The second-order valence-electron chi connectivity index (χ2n) is 9.13. The molecule has 2 aromatic carbocycles. The summed E-state index contributed by atoms with van der Waals surface area (Å²) < 4.78 is 52.6. The van der Waals surface area contributed by atoms with Crippen LogP contribution in [0.4, 0.5) is 23.2 Å². The molecule has 2 aliphatic rings. The molecule has 4 rings (SSSR count). The average molecular weight is 539 g/mol. The fraction of sp³-hybridized carbons (Fsp3) is 0.423. The van der Waals surface area contributed by atoms with Gasteiger partial charge in [-0.1, -0.05) is 6.42 Å². The molecule has 0 aromatic heterocycles. The summed E-state index contributed by atoms with van der Waals surface area (Å²) in [6.07, 6.45) is 1.59. The molecule has 2 aromatic rings. The van der Waals surface area contributed by atoms with Gasteiger partial charge in [-0.2, -0.15) is 13.2 Å². The fourth-order valence-electron chi connectivity index (χ4n) is 5.53. The van der Waals surface area contributed by atoms with E-state index in [1.54, 1.807) is 16.7 Å². The summed E-state index contributed by atoms with van der Waals surface area (Å²) in [5.74, 6) is -2.59. The van der Waals surface area contributed by atoms with Crippen molar-refractivity contribution in [3.63, 3.8) is 0 Å². The molecule has 1 aliphatic carbocycles. The highest BCUT2D eigenvalue weighted by Crippen LogP contribution is 2.51. The number of carbonyl (C=O) groups excluding carboxylic acids is 2. The molecule has 6 nitrogen and oxygen atoms in total. The Morgan fingerprint density at radius 1 is 1.08 bits per heavy atom. The van der Waals surface area contributed by atoms with E-state index in [9.17, 15) is 31.9 Å². The summed E-state index contributed by atoms with van der Waals surface area (Å²) in [7, 11) is 0. The number of carbonyl (C=O) groups is 3. The molecule has 1 aliphatic heterocycles. The van der Waals surface area contributed by atoms with Crippen molar-refractivity contribution in [2.75, 3.05) is 11.4 Å². The molecule has 0 saturated heterocycles. The molecule has 0 spiro atoms. The van der Waals surface area contributed by atoms with Gasteiger partial charge in [-0.05, 0) is 74.0 Å². The van der Waals surface area contributed by atoms with Gasteiger partial charge in [0, 0.05) is 46.6 Å². The molecule has 11 heteroatoms. The maximum atomic E-state index is 14.5. The van der Waals surface area contributed by atoms with Crippen LogP contribution in [0, 0.1) is 11.7 Å². The number of carboxylic acid groups (broad SMARTS) is 1. The van der Waals surface area contributed by atoms with Crippen LogP contribution in [0.2, 0.25) is 0 Å². The minimum atomic E-state index is -4.44. The van der Waals surface area contributed by atoms with E-state index >= 15 is 0 Å². The third-order valence-electron chi connectivity index (χ3n) is 6.94. The minimum Gasteiger partial charge on any atom is -0.481 e. The molecule has 1 heterocycles. The normalized spacial score (nSPS) is 20.8. The zero-order valence-corrected chi connectivity index (χ0v) is 20.8. The van der Waals surface area contributed by atoms with Gasteiger partial charge in [0.25, 0.3) is 5.91 Å². The molecule has 0 radical (unpaired) electrons. The molecule has 37 heavy (non-hydrogen) atoms. The molecule has 1 unspecified atom stereocenters. The van der Waals surface area contributed by atoms with Crippen LogP contribution in [-0.2, 0) is 9.59 Å². The number of carboxylic acids is 1. The number of anilines is 1. The molecule has 1 N–H and O–H groups in total. The van der Waals surface area contributed by atoms with Gasteiger partial charge in [0.15, 0.2) is 0 Å². The summed E-state index contributed by atoms with van der Waals surface area (Å²) in [5.41, 5.74) is -3.33. The van der Waals surface area contributed by atoms with Crippen molar-refractivity contribution in [1.82, 2.24) is 4.90 Å². The van der Waals surface area contributed by atoms with Crippen LogP contribution in [0.1, 0.15) is 61.0 Å². The standard InChI is InChI=1S/C26H26F4N2O4S/c1-2-31(22(33)12-13-23(34)35)24-18-4-3-5-20(18)32(21-11-8-16(27)14-19(21)24)25(36)15-6-9-17(10-7-15)37-26(28,29)30/h6-11,14,18,20,24H,2-5,12-13H2,1H3,(H,34,35)/t18-,20-,24?/m0/s1. The number of amides is 2. The Hall–Kier alpha value is -3.08. The Balaban J connectivity index is 1.72. The second kappa shape index (κ2) is 10.7. The Morgan fingerprint density at radius 2 is 1.78 bits per heavy atom. The van der Waals surface area contributed by atoms with Gasteiger partial charge < -0.3 is 14.9 Å². The SMILES string of the molecule is CCN(C(=O)CCC(=O)O)C1c2cc(F)ccc2N(C(=O)c2ccc(SC(F)(F)F)cc2)[C@H]2CCC[C@H]12. The topological polar surface area (TPSA) is 77.9 Å². The largest absolute Gasteiger partial charge is 0.481 e. The predicted molar refractivity (Wildman–Crippen MR) is 130 cm³/mol. The summed E-state index contributed by atoms with van der Waals surface area (Å²) in [6.45, 7) is 2.06. The first-order valence-corrected chi connectivity index (χ1v) is 12.8. The summed E-state index contributed by atoms with van der Waals surface area (Å²) in [4.78, 5) is 40.9. The number of hydrogen-bond acceptors (Lipinski definition) is 4. The first kappa shape index (κ1) is 27.0. The van der Waals surface area contributed by atoms with Crippen LogP contribution in [0.15, 0.2) is 47.4 Å². The lowest BCUT2D eigenvalue weighted by Gasteiger charge is -2.47. The Labute approximate surface area is 215 Å². The van der Waals surface area contributed by atoms with Crippen molar-refractivity contribution in [3.8, 4) is 0 Å².